The first-order valence-corrected chi connectivity index (χ1v) is 13.7. The summed E-state index contributed by atoms with van der Waals surface area (Å²) in [6.45, 7) is 3.36. The zero-order valence-electron chi connectivity index (χ0n) is 20.6. The number of fused-ring (bicyclic) bond motifs is 1. The van der Waals surface area contributed by atoms with Gasteiger partial charge >= 0.3 is 0 Å². The van der Waals surface area contributed by atoms with Gasteiger partial charge in [-0.2, -0.15) is 5.10 Å². The second kappa shape index (κ2) is 9.44. The van der Waals surface area contributed by atoms with E-state index in [4.69, 9.17) is 17.3 Å². The Morgan fingerprint density at radius 3 is 2.53 bits per heavy atom. The highest BCUT2D eigenvalue weighted by atomic mass is 35.5. The van der Waals surface area contributed by atoms with E-state index in [9.17, 15) is 23.1 Å². The van der Waals surface area contributed by atoms with Crippen molar-refractivity contribution >= 4 is 33.3 Å². The Morgan fingerprint density at radius 1 is 1.31 bits per heavy atom. The van der Waals surface area contributed by atoms with Crippen molar-refractivity contribution in [1.29, 1.82) is 0 Å². The van der Waals surface area contributed by atoms with Crippen molar-refractivity contribution in [1.82, 2.24) is 20.0 Å². The normalized spacial score (nSPS) is 18.1. The van der Waals surface area contributed by atoms with Gasteiger partial charge in [0.15, 0.2) is 15.5 Å². The molecule has 1 aliphatic heterocycles. The molecule has 2 aliphatic rings. The van der Waals surface area contributed by atoms with Crippen molar-refractivity contribution in [3.05, 3.63) is 51.8 Å². The summed E-state index contributed by atoms with van der Waals surface area (Å²) in [6, 6.07) is 7.11. The Morgan fingerprint density at radius 2 is 1.94 bits per heavy atom. The predicted molar refractivity (Wildman–Crippen MR) is 135 cm³/mol. The maximum Gasteiger partial charge on any atom is 0.272 e. The predicted octanol–water partition coefficient (Wildman–Crippen LogP) is 1.05. The fourth-order valence-corrected chi connectivity index (χ4v) is 7.45. The molecule has 4 rings (SSSR count). The van der Waals surface area contributed by atoms with Gasteiger partial charge in [0.05, 0.1) is 15.6 Å². The lowest BCUT2D eigenvalue weighted by Gasteiger charge is -2.37. The third-order valence-corrected chi connectivity index (χ3v) is 11.0. The van der Waals surface area contributed by atoms with E-state index in [1.54, 1.807) is 19.2 Å². The van der Waals surface area contributed by atoms with E-state index >= 15 is 0 Å². The lowest BCUT2D eigenvalue weighted by atomic mass is 10.0. The number of halogens is 1. The van der Waals surface area contributed by atoms with Crippen LogP contribution in [0.15, 0.2) is 24.3 Å². The molecular weight excluding hydrogens is 506 g/mol. The van der Waals surface area contributed by atoms with Gasteiger partial charge in [-0.05, 0) is 50.8 Å². The molecule has 0 saturated heterocycles. The number of hydrogen-bond donors (Lipinski definition) is 3. The minimum absolute atomic E-state index is 0.0254. The number of nitrogens with one attached hydrogen (secondary N) is 1. The van der Waals surface area contributed by atoms with Crippen LogP contribution in [0.4, 0.5) is 0 Å². The van der Waals surface area contributed by atoms with Crippen molar-refractivity contribution in [2.24, 2.45) is 12.8 Å². The third-order valence-electron chi connectivity index (χ3n) is 7.42. The van der Waals surface area contributed by atoms with Crippen LogP contribution in [-0.4, -0.2) is 75.3 Å². The molecule has 1 aromatic heterocycles. The van der Waals surface area contributed by atoms with Gasteiger partial charge in [0, 0.05) is 43.8 Å². The highest BCUT2D eigenvalue weighted by molar-refractivity contribution is 7.94. The van der Waals surface area contributed by atoms with Gasteiger partial charge in [-0.25, -0.2) is 8.42 Å². The standard InChI is InChI=1S/C24H32ClN5O5S/c1-23(2,18(31)12-26)36(34,35)24(9-10-24)14-30-11-8-17-19(28-29(3)20(17)22(30)33)21(32)27-13-15-4-6-16(25)7-5-15/h4-7,18,31H,8-14,26H2,1-3H3,(H,27,32)/t18-/m1/s1. The molecule has 2 amide bonds. The molecule has 4 N–H and O–H groups in total. The summed E-state index contributed by atoms with van der Waals surface area (Å²) < 4.78 is 25.8. The van der Waals surface area contributed by atoms with Crippen LogP contribution >= 0.6 is 11.6 Å². The number of amides is 2. The van der Waals surface area contributed by atoms with Gasteiger partial charge in [-0.15, -0.1) is 0 Å². The van der Waals surface area contributed by atoms with Crippen molar-refractivity contribution < 1.29 is 23.1 Å². The van der Waals surface area contributed by atoms with E-state index in [1.165, 1.54) is 23.4 Å². The molecule has 10 nitrogen and oxygen atoms in total. The fourth-order valence-electron chi connectivity index (χ4n) is 4.79. The Kier molecular flexibility index (Phi) is 6.97. The SMILES string of the molecule is Cn1nc(C(=O)NCc2ccc(Cl)cc2)c2c1C(=O)N(CC1(S(=O)(=O)C(C)(C)[C@H](O)CN)CC1)CC2. The molecule has 1 saturated carbocycles. The number of aliphatic hydroxyl groups is 1. The minimum atomic E-state index is -3.81. The molecule has 0 radical (unpaired) electrons. The van der Waals surface area contributed by atoms with Crippen LogP contribution in [0.25, 0.3) is 0 Å². The van der Waals surface area contributed by atoms with E-state index < -0.39 is 25.4 Å². The van der Waals surface area contributed by atoms with Crippen LogP contribution in [0.5, 0.6) is 0 Å². The number of aliphatic hydroxyl groups excluding tert-OH is 1. The first kappa shape index (κ1) is 26.6. The molecule has 1 atom stereocenters. The monoisotopic (exact) mass is 537 g/mol. The minimum Gasteiger partial charge on any atom is -0.390 e. The van der Waals surface area contributed by atoms with Crippen molar-refractivity contribution in [2.75, 3.05) is 19.6 Å². The molecule has 1 fully saturated rings. The summed E-state index contributed by atoms with van der Waals surface area (Å²) in [6.07, 6.45) is -0.00850. The molecule has 1 aliphatic carbocycles. The third kappa shape index (κ3) is 4.42. The Hall–Kier alpha value is -2.47. The summed E-state index contributed by atoms with van der Waals surface area (Å²) in [4.78, 5) is 27.8. The van der Waals surface area contributed by atoms with Gasteiger partial charge in [0.1, 0.15) is 5.69 Å². The number of nitrogens with zero attached hydrogens (tertiary/aromatic N) is 3. The summed E-state index contributed by atoms with van der Waals surface area (Å²) in [5.41, 5.74) is 7.46. The summed E-state index contributed by atoms with van der Waals surface area (Å²) >= 11 is 5.90. The first-order valence-electron chi connectivity index (χ1n) is 11.8. The van der Waals surface area contributed by atoms with Gasteiger partial charge < -0.3 is 21.1 Å². The van der Waals surface area contributed by atoms with Crippen LogP contribution in [0, 0.1) is 0 Å². The van der Waals surface area contributed by atoms with Gasteiger partial charge in [0.25, 0.3) is 11.8 Å². The van der Waals surface area contributed by atoms with Crippen molar-refractivity contribution in [3.63, 3.8) is 0 Å². The number of benzene rings is 1. The smallest absolute Gasteiger partial charge is 0.272 e. The number of rotatable bonds is 9. The molecule has 1 aromatic carbocycles. The van der Waals surface area contributed by atoms with Crippen LogP contribution in [0.3, 0.4) is 0 Å². The van der Waals surface area contributed by atoms with Gasteiger partial charge in [-0.1, -0.05) is 23.7 Å². The van der Waals surface area contributed by atoms with E-state index in [1.807, 2.05) is 12.1 Å². The summed E-state index contributed by atoms with van der Waals surface area (Å²) in [5.74, 6) is -0.747. The highest BCUT2D eigenvalue weighted by Crippen LogP contribution is 2.50. The number of hydrogen-bond acceptors (Lipinski definition) is 7. The van der Waals surface area contributed by atoms with Gasteiger partial charge in [-0.3, -0.25) is 14.3 Å². The maximum absolute atomic E-state index is 13.5. The molecule has 196 valence electrons. The quantitative estimate of drug-likeness (QED) is 0.433. The number of aromatic nitrogens is 2. The molecule has 2 aromatic rings. The molecule has 36 heavy (non-hydrogen) atoms. The average Bonchev–Trinajstić information content (AvgIpc) is 3.56. The molecule has 2 heterocycles. The number of sulfone groups is 1. The number of carbonyl (C=O) groups excluding carboxylic acids is 2. The molecule has 12 heteroatoms. The van der Waals surface area contributed by atoms with Crippen LogP contribution in [0.1, 0.15) is 58.8 Å². The highest BCUT2D eigenvalue weighted by Gasteiger charge is 2.62. The van der Waals surface area contributed by atoms with Crippen molar-refractivity contribution in [2.45, 2.75) is 55.3 Å². The van der Waals surface area contributed by atoms with E-state index in [2.05, 4.69) is 10.4 Å². The Balaban J connectivity index is 1.51. The largest absolute Gasteiger partial charge is 0.390 e. The number of nitrogens with two attached hydrogens (primary N) is 1. The number of carbonyl (C=O) groups is 2. The van der Waals surface area contributed by atoms with E-state index in [0.29, 0.717) is 29.8 Å². The van der Waals surface area contributed by atoms with E-state index in [0.717, 1.165) is 5.56 Å². The number of aryl methyl sites for hydroxylation is 1. The van der Waals surface area contributed by atoms with E-state index in [-0.39, 0.29) is 49.4 Å². The fraction of sp³-hybridized carbons (Fsp3) is 0.542. The van der Waals surface area contributed by atoms with Crippen LogP contribution < -0.4 is 11.1 Å². The zero-order valence-corrected chi connectivity index (χ0v) is 22.2. The zero-order chi connectivity index (χ0) is 26.5. The first-order chi connectivity index (χ1) is 16.8. The van der Waals surface area contributed by atoms with Crippen LogP contribution in [0.2, 0.25) is 5.02 Å². The Bertz CT molecular complexity index is 1280. The van der Waals surface area contributed by atoms with Crippen LogP contribution in [-0.2, 0) is 29.9 Å². The lowest BCUT2D eigenvalue weighted by Crippen LogP contribution is -2.55. The second-order valence-electron chi connectivity index (χ2n) is 10.1. The second-order valence-corrected chi connectivity index (χ2v) is 13.5. The van der Waals surface area contributed by atoms with Crippen molar-refractivity contribution in [3.8, 4) is 0 Å². The molecular formula is C24H32ClN5O5S. The Labute approximate surface area is 215 Å². The molecule has 0 unspecified atom stereocenters. The maximum atomic E-state index is 13.5. The molecule has 0 spiro atoms. The molecule has 0 bridgehead atoms. The summed E-state index contributed by atoms with van der Waals surface area (Å²) in [7, 11) is -2.21. The topological polar surface area (TPSA) is 148 Å². The lowest BCUT2D eigenvalue weighted by molar-refractivity contribution is 0.0723. The summed E-state index contributed by atoms with van der Waals surface area (Å²) in [5, 5.41) is 18.0. The average molecular weight is 538 g/mol. The van der Waals surface area contributed by atoms with Gasteiger partial charge in [0.2, 0.25) is 0 Å².